The first-order valence-corrected chi connectivity index (χ1v) is 9.30. The van der Waals surface area contributed by atoms with Crippen LogP contribution in [0.3, 0.4) is 0 Å². The topological polar surface area (TPSA) is 56.1 Å². The highest BCUT2D eigenvalue weighted by atomic mass is 35.5. The van der Waals surface area contributed by atoms with Crippen LogP contribution in [0.1, 0.15) is 24.5 Å². The molecule has 2 aromatic carbocycles. The van der Waals surface area contributed by atoms with Gasteiger partial charge in [0.15, 0.2) is 0 Å². The lowest BCUT2D eigenvalue weighted by molar-refractivity contribution is -0.116. The second kappa shape index (κ2) is 9.24. The van der Waals surface area contributed by atoms with Gasteiger partial charge in [0.05, 0.1) is 19.3 Å². The molecule has 0 aliphatic carbocycles. The molecule has 0 radical (unpaired) electrons. The van der Waals surface area contributed by atoms with Crippen LogP contribution in [0.5, 0.6) is 5.75 Å². The number of para-hydroxylation sites is 1. The summed E-state index contributed by atoms with van der Waals surface area (Å²) in [5.74, 6) is 1.45. The molecule has 0 bridgehead atoms. The number of aromatic nitrogens is 2. The summed E-state index contributed by atoms with van der Waals surface area (Å²) in [7, 11) is 0. The zero-order chi connectivity index (χ0) is 19.1. The molecule has 0 saturated heterocycles. The summed E-state index contributed by atoms with van der Waals surface area (Å²) < 4.78 is 7.37. The predicted octanol–water partition coefficient (Wildman–Crippen LogP) is 4.55. The first-order valence-electron chi connectivity index (χ1n) is 8.92. The van der Waals surface area contributed by atoms with Gasteiger partial charge in [0.2, 0.25) is 5.91 Å². The maximum Gasteiger partial charge on any atom is 0.225 e. The number of rotatable bonds is 8. The van der Waals surface area contributed by atoms with Crippen molar-refractivity contribution in [2.45, 2.75) is 26.3 Å². The lowest BCUT2D eigenvalue weighted by Crippen LogP contribution is -2.16. The Morgan fingerprint density at radius 3 is 2.70 bits per heavy atom. The van der Waals surface area contributed by atoms with Gasteiger partial charge in [-0.25, -0.2) is 4.68 Å². The number of carbonyl (C=O) groups is 1. The fourth-order valence-electron chi connectivity index (χ4n) is 2.79. The molecule has 0 unspecified atom stereocenters. The predicted molar refractivity (Wildman–Crippen MR) is 107 cm³/mol. The number of aryl methyl sites for hydroxylation is 1. The van der Waals surface area contributed by atoms with E-state index in [-0.39, 0.29) is 5.91 Å². The van der Waals surface area contributed by atoms with Crippen molar-refractivity contribution < 1.29 is 9.53 Å². The second-order valence-electron chi connectivity index (χ2n) is 6.09. The van der Waals surface area contributed by atoms with Crippen molar-refractivity contribution in [3.8, 4) is 5.75 Å². The van der Waals surface area contributed by atoms with Crippen molar-refractivity contribution in [2.75, 3.05) is 11.9 Å². The summed E-state index contributed by atoms with van der Waals surface area (Å²) in [4.78, 5) is 12.4. The SMILES string of the molecule is CCOc1ccccc1CCC(=O)Nc1ccnn1Cc1ccc(Cl)cc1. The van der Waals surface area contributed by atoms with Gasteiger partial charge in [-0.3, -0.25) is 4.79 Å². The van der Waals surface area contributed by atoms with Crippen LogP contribution >= 0.6 is 11.6 Å². The van der Waals surface area contributed by atoms with Crippen molar-refractivity contribution in [1.82, 2.24) is 9.78 Å². The highest BCUT2D eigenvalue weighted by Crippen LogP contribution is 2.20. The lowest BCUT2D eigenvalue weighted by Gasteiger charge is -2.11. The molecule has 0 aliphatic heterocycles. The number of carbonyl (C=O) groups excluding carboxylic acids is 1. The first kappa shape index (κ1) is 19.0. The summed E-state index contributed by atoms with van der Waals surface area (Å²) in [6.45, 7) is 3.12. The third kappa shape index (κ3) is 5.34. The number of nitrogens with one attached hydrogen (secondary N) is 1. The van der Waals surface area contributed by atoms with Gasteiger partial charge in [-0.1, -0.05) is 41.9 Å². The molecule has 1 heterocycles. The number of amides is 1. The molecule has 1 N–H and O–H groups in total. The molecule has 3 rings (SSSR count). The number of ether oxygens (including phenoxy) is 1. The minimum atomic E-state index is -0.0563. The van der Waals surface area contributed by atoms with Gasteiger partial charge in [0.1, 0.15) is 11.6 Å². The first-order chi connectivity index (χ1) is 13.2. The van der Waals surface area contributed by atoms with Crippen molar-refractivity contribution in [1.29, 1.82) is 0 Å². The maximum absolute atomic E-state index is 12.4. The molecule has 1 aromatic heterocycles. The van der Waals surface area contributed by atoms with Crippen molar-refractivity contribution in [2.24, 2.45) is 0 Å². The summed E-state index contributed by atoms with van der Waals surface area (Å²) in [6, 6.07) is 17.2. The Morgan fingerprint density at radius 2 is 1.93 bits per heavy atom. The Labute approximate surface area is 163 Å². The van der Waals surface area contributed by atoms with E-state index < -0.39 is 0 Å². The normalized spacial score (nSPS) is 10.6. The Balaban J connectivity index is 1.59. The van der Waals surface area contributed by atoms with E-state index in [4.69, 9.17) is 16.3 Å². The Bertz CT molecular complexity index is 890. The van der Waals surface area contributed by atoms with Crippen LogP contribution in [-0.2, 0) is 17.8 Å². The number of hydrogen-bond acceptors (Lipinski definition) is 3. The van der Waals surface area contributed by atoms with Gasteiger partial charge in [-0.05, 0) is 42.7 Å². The van der Waals surface area contributed by atoms with Gasteiger partial charge < -0.3 is 10.1 Å². The van der Waals surface area contributed by atoms with Gasteiger partial charge in [-0.2, -0.15) is 5.10 Å². The monoisotopic (exact) mass is 383 g/mol. The summed E-state index contributed by atoms with van der Waals surface area (Å²) in [5.41, 5.74) is 2.09. The Kier molecular flexibility index (Phi) is 6.49. The molecule has 3 aromatic rings. The fourth-order valence-corrected chi connectivity index (χ4v) is 2.91. The van der Waals surface area contributed by atoms with Crippen LogP contribution in [0.25, 0.3) is 0 Å². The molecule has 0 atom stereocenters. The Hall–Kier alpha value is -2.79. The van der Waals surface area contributed by atoms with Crippen molar-refractivity contribution >= 4 is 23.3 Å². The van der Waals surface area contributed by atoms with Gasteiger partial charge in [0, 0.05) is 17.5 Å². The van der Waals surface area contributed by atoms with E-state index in [2.05, 4.69) is 10.4 Å². The van der Waals surface area contributed by atoms with E-state index in [9.17, 15) is 4.79 Å². The summed E-state index contributed by atoms with van der Waals surface area (Å²) in [6.07, 6.45) is 2.67. The van der Waals surface area contributed by atoms with Gasteiger partial charge in [-0.15, -0.1) is 0 Å². The van der Waals surface area contributed by atoms with Gasteiger partial charge in [0.25, 0.3) is 0 Å². The van der Waals surface area contributed by atoms with E-state index in [0.29, 0.717) is 36.8 Å². The van der Waals surface area contributed by atoms with Crippen LogP contribution in [0.15, 0.2) is 60.8 Å². The molecule has 0 fully saturated rings. The number of anilines is 1. The number of hydrogen-bond donors (Lipinski definition) is 1. The molecular formula is C21H22ClN3O2. The average Bonchev–Trinajstić information content (AvgIpc) is 3.10. The Morgan fingerprint density at radius 1 is 1.15 bits per heavy atom. The zero-order valence-electron chi connectivity index (χ0n) is 15.2. The molecular weight excluding hydrogens is 362 g/mol. The van der Waals surface area contributed by atoms with E-state index in [1.165, 1.54) is 0 Å². The van der Waals surface area contributed by atoms with Crippen LogP contribution < -0.4 is 10.1 Å². The largest absolute Gasteiger partial charge is 0.494 e. The summed E-state index contributed by atoms with van der Waals surface area (Å²) >= 11 is 5.92. The molecule has 5 nitrogen and oxygen atoms in total. The highest BCUT2D eigenvalue weighted by Gasteiger charge is 2.10. The fraction of sp³-hybridized carbons (Fsp3) is 0.238. The average molecular weight is 384 g/mol. The minimum absolute atomic E-state index is 0.0563. The molecule has 1 amide bonds. The van der Waals surface area contributed by atoms with Crippen LogP contribution in [0.4, 0.5) is 5.82 Å². The number of benzene rings is 2. The minimum Gasteiger partial charge on any atom is -0.494 e. The second-order valence-corrected chi connectivity index (χ2v) is 6.53. The molecule has 140 valence electrons. The summed E-state index contributed by atoms with van der Waals surface area (Å²) in [5, 5.41) is 7.93. The van der Waals surface area contributed by atoms with Gasteiger partial charge >= 0.3 is 0 Å². The van der Waals surface area contributed by atoms with Crippen LogP contribution in [-0.4, -0.2) is 22.3 Å². The molecule has 6 heteroatoms. The number of nitrogens with zero attached hydrogens (tertiary/aromatic N) is 2. The maximum atomic E-state index is 12.4. The number of halogens is 1. The molecule has 0 spiro atoms. The standard InChI is InChI=1S/C21H22ClN3O2/c1-2-27-19-6-4-3-5-17(19)9-12-21(26)24-20-13-14-23-25(20)15-16-7-10-18(22)11-8-16/h3-8,10-11,13-14H,2,9,12,15H2,1H3,(H,24,26). The van der Waals surface area contributed by atoms with E-state index in [1.807, 2.05) is 55.5 Å². The highest BCUT2D eigenvalue weighted by molar-refractivity contribution is 6.30. The smallest absolute Gasteiger partial charge is 0.225 e. The molecule has 0 aliphatic rings. The van der Waals surface area contributed by atoms with Crippen molar-refractivity contribution in [3.63, 3.8) is 0 Å². The third-order valence-electron chi connectivity index (χ3n) is 4.12. The van der Waals surface area contributed by atoms with E-state index in [0.717, 1.165) is 16.9 Å². The van der Waals surface area contributed by atoms with Crippen molar-refractivity contribution in [3.05, 3.63) is 76.9 Å². The molecule has 0 saturated carbocycles. The van der Waals surface area contributed by atoms with E-state index >= 15 is 0 Å². The van der Waals surface area contributed by atoms with E-state index in [1.54, 1.807) is 16.9 Å². The molecule has 27 heavy (non-hydrogen) atoms. The lowest BCUT2D eigenvalue weighted by atomic mass is 10.1. The van der Waals surface area contributed by atoms with Crippen LogP contribution in [0, 0.1) is 0 Å². The van der Waals surface area contributed by atoms with Crippen LogP contribution in [0.2, 0.25) is 5.02 Å². The third-order valence-corrected chi connectivity index (χ3v) is 4.38. The quantitative estimate of drug-likeness (QED) is 0.620. The zero-order valence-corrected chi connectivity index (χ0v) is 15.9.